The van der Waals surface area contributed by atoms with E-state index in [1.807, 2.05) is 18.2 Å². The van der Waals surface area contributed by atoms with Crippen LogP contribution in [-0.4, -0.2) is 73.6 Å². The summed E-state index contributed by atoms with van der Waals surface area (Å²) in [5, 5.41) is 10.3. The van der Waals surface area contributed by atoms with Gasteiger partial charge in [-0.1, -0.05) is 31.7 Å². The van der Waals surface area contributed by atoms with Crippen molar-refractivity contribution in [1.29, 1.82) is 0 Å². The summed E-state index contributed by atoms with van der Waals surface area (Å²) in [5.41, 5.74) is 1.05. The Balaban J connectivity index is 1.53. The highest BCUT2D eigenvalue weighted by Crippen LogP contribution is 2.29. The van der Waals surface area contributed by atoms with Crippen molar-refractivity contribution in [3.63, 3.8) is 0 Å². The summed E-state index contributed by atoms with van der Waals surface area (Å²) in [7, 11) is 4.38. The molecule has 1 saturated heterocycles. The largest absolute Gasteiger partial charge is 0.496 e. The van der Waals surface area contributed by atoms with Gasteiger partial charge < -0.3 is 25.7 Å². The number of fused-ring (bicyclic) bond motifs is 1. The topological polar surface area (TPSA) is 142 Å². The fraction of sp³-hybridized carbons (Fsp3) is 0.556. The molecule has 1 aliphatic carbocycles. The van der Waals surface area contributed by atoms with E-state index in [0.29, 0.717) is 36.7 Å². The van der Waals surface area contributed by atoms with Crippen molar-refractivity contribution in [3.8, 4) is 5.75 Å². The van der Waals surface area contributed by atoms with Gasteiger partial charge in [-0.2, -0.15) is 0 Å². The number of hydrogen-bond acceptors (Lipinski definition) is 6. The number of nitrogens with zero attached hydrogens (tertiary/aromatic N) is 1. The summed E-state index contributed by atoms with van der Waals surface area (Å²) >= 11 is 0. The van der Waals surface area contributed by atoms with Crippen LogP contribution in [0.1, 0.15) is 55.4 Å². The average molecular weight is 528 g/mol. The Morgan fingerprint density at radius 3 is 2.50 bits per heavy atom. The van der Waals surface area contributed by atoms with Crippen molar-refractivity contribution >= 4 is 34.5 Å². The number of nitrogens with one attached hydrogen (secondary N) is 4. The van der Waals surface area contributed by atoms with E-state index in [2.05, 4.69) is 20.9 Å². The number of H-pyrrole nitrogens is 1. The van der Waals surface area contributed by atoms with Gasteiger partial charge in [-0.15, -0.1) is 0 Å². The molecule has 4 rings (SSSR count). The Morgan fingerprint density at radius 1 is 1.08 bits per heavy atom. The van der Waals surface area contributed by atoms with E-state index in [1.165, 1.54) is 14.2 Å². The Hall–Kier alpha value is -3.60. The molecule has 206 valence electrons. The van der Waals surface area contributed by atoms with Gasteiger partial charge in [0.1, 0.15) is 23.5 Å². The van der Waals surface area contributed by atoms with Gasteiger partial charge in [-0.25, -0.2) is 5.06 Å². The number of aromatic nitrogens is 1. The lowest BCUT2D eigenvalue weighted by Gasteiger charge is -2.27. The minimum Gasteiger partial charge on any atom is -0.496 e. The zero-order chi connectivity index (χ0) is 27.2. The molecular formula is C27H37N5O6. The van der Waals surface area contributed by atoms with E-state index < -0.39 is 35.7 Å². The second kappa shape index (κ2) is 12.3. The van der Waals surface area contributed by atoms with Crippen LogP contribution in [0.4, 0.5) is 0 Å². The van der Waals surface area contributed by atoms with Gasteiger partial charge in [0.15, 0.2) is 0 Å². The van der Waals surface area contributed by atoms with E-state index in [4.69, 9.17) is 9.57 Å². The summed E-state index contributed by atoms with van der Waals surface area (Å²) in [4.78, 5) is 60.2. The molecule has 2 fully saturated rings. The summed E-state index contributed by atoms with van der Waals surface area (Å²) in [5.74, 6) is -0.938. The lowest BCUT2D eigenvalue weighted by atomic mass is 9.95. The van der Waals surface area contributed by atoms with Crippen molar-refractivity contribution in [2.45, 2.75) is 57.0 Å². The number of benzene rings is 1. The number of ether oxygens (including phenoxy) is 1. The predicted octanol–water partition coefficient (Wildman–Crippen LogP) is 1.89. The third kappa shape index (κ3) is 6.27. The number of carbonyl (C=O) groups excluding carboxylic acids is 4. The summed E-state index contributed by atoms with van der Waals surface area (Å²) < 4.78 is 5.39. The summed E-state index contributed by atoms with van der Waals surface area (Å²) in [6, 6.07) is 5.37. The fourth-order valence-corrected chi connectivity index (χ4v) is 5.43. The van der Waals surface area contributed by atoms with Gasteiger partial charge in [0.05, 0.1) is 14.2 Å². The maximum atomic E-state index is 13.6. The minimum atomic E-state index is -0.971. The molecule has 0 radical (unpaired) electrons. The van der Waals surface area contributed by atoms with E-state index >= 15 is 0 Å². The van der Waals surface area contributed by atoms with Gasteiger partial charge in [0, 0.05) is 30.4 Å². The van der Waals surface area contributed by atoms with Crippen LogP contribution in [-0.2, 0) is 19.2 Å². The molecule has 1 aromatic heterocycles. The third-order valence-corrected chi connectivity index (χ3v) is 7.64. The van der Waals surface area contributed by atoms with Crippen LogP contribution in [0.15, 0.2) is 24.3 Å². The first-order valence-corrected chi connectivity index (χ1v) is 13.2. The van der Waals surface area contributed by atoms with Crippen LogP contribution in [0.25, 0.3) is 10.9 Å². The van der Waals surface area contributed by atoms with E-state index in [9.17, 15) is 19.2 Å². The van der Waals surface area contributed by atoms with Crippen LogP contribution in [0.5, 0.6) is 5.75 Å². The number of hydrogen-bond donors (Lipinski definition) is 4. The Bertz CT molecular complexity index is 1170. The van der Waals surface area contributed by atoms with E-state index in [1.54, 1.807) is 13.2 Å². The normalized spacial score (nSPS) is 19.1. The van der Waals surface area contributed by atoms with Crippen LogP contribution in [0, 0.1) is 11.8 Å². The lowest BCUT2D eigenvalue weighted by Crippen LogP contribution is -2.55. The number of rotatable bonds is 11. The minimum absolute atomic E-state index is 0.137. The molecule has 2 heterocycles. The van der Waals surface area contributed by atoms with Gasteiger partial charge in [-0.05, 0) is 43.4 Å². The average Bonchev–Trinajstić information content (AvgIpc) is 3.68. The monoisotopic (exact) mass is 527 g/mol. The maximum absolute atomic E-state index is 13.6. The van der Waals surface area contributed by atoms with Crippen molar-refractivity contribution in [2.24, 2.45) is 11.8 Å². The molecule has 1 aromatic carbocycles. The molecule has 3 atom stereocenters. The lowest BCUT2D eigenvalue weighted by molar-refractivity contribution is -0.172. The molecule has 11 nitrogen and oxygen atoms in total. The first kappa shape index (κ1) is 27.4. The molecule has 0 bridgehead atoms. The highest BCUT2D eigenvalue weighted by atomic mass is 16.7. The number of amides is 4. The van der Waals surface area contributed by atoms with Crippen LogP contribution < -0.4 is 20.7 Å². The first-order chi connectivity index (χ1) is 18.3. The molecule has 38 heavy (non-hydrogen) atoms. The second-order valence-electron chi connectivity index (χ2n) is 10.1. The Labute approximate surface area is 221 Å². The number of carbonyl (C=O) groups is 4. The van der Waals surface area contributed by atoms with Crippen molar-refractivity contribution < 1.29 is 28.8 Å². The van der Waals surface area contributed by atoms with E-state index in [0.717, 1.165) is 41.6 Å². The van der Waals surface area contributed by atoms with Gasteiger partial charge in [-0.3, -0.25) is 24.0 Å². The van der Waals surface area contributed by atoms with Gasteiger partial charge in [0.2, 0.25) is 11.8 Å². The maximum Gasteiger partial charge on any atom is 0.268 e. The van der Waals surface area contributed by atoms with Crippen molar-refractivity contribution in [3.05, 3.63) is 30.0 Å². The highest BCUT2D eigenvalue weighted by molar-refractivity contribution is 6.01. The number of hydroxylamine groups is 2. The third-order valence-electron chi connectivity index (χ3n) is 7.64. The van der Waals surface area contributed by atoms with Crippen molar-refractivity contribution in [2.75, 3.05) is 27.8 Å². The number of methoxy groups -OCH3 is 1. The number of likely N-dealkylation sites (N-methyl/N-ethyl adjacent to an activating group) is 1. The second-order valence-corrected chi connectivity index (χ2v) is 10.1. The molecule has 11 heteroatoms. The smallest absolute Gasteiger partial charge is 0.268 e. The van der Waals surface area contributed by atoms with Gasteiger partial charge in [0.25, 0.3) is 11.8 Å². The van der Waals surface area contributed by atoms with Crippen molar-refractivity contribution in [1.82, 2.24) is 26.0 Å². The predicted molar refractivity (Wildman–Crippen MR) is 140 cm³/mol. The number of aromatic amines is 1. The fourth-order valence-electron chi connectivity index (χ4n) is 5.43. The van der Waals surface area contributed by atoms with Crippen LogP contribution >= 0.6 is 0 Å². The molecule has 2 aromatic rings. The molecule has 1 aliphatic heterocycles. The van der Waals surface area contributed by atoms with E-state index in [-0.39, 0.29) is 12.3 Å². The zero-order valence-electron chi connectivity index (χ0n) is 22.2. The molecule has 0 spiro atoms. The first-order valence-electron chi connectivity index (χ1n) is 13.2. The summed E-state index contributed by atoms with van der Waals surface area (Å²) in [6.45, 7) is 0.536. The molecule has 4 amide bonds. The quantitative estimate of drug-likeness (QED) is 0.329. The SMILES string of the molecule is COc1cccc2[nH]c(C(=O)N[C@@H](CC3CCCC3)C(=O)N[C@@H](C[C@@H]3CCNC3=O)C(=O)N(C)OC)cc12. The Morgan fingerprint density at radius 2 is 1.84 bits per heavy atom. The van der Waals surface area contributed by atoms with Crippen LogP contribution in [0.2, 0.25) is 0 Å². The van der Waals surface area contributed by atoms with Gasteiger partial charge >= 0.3 is 0 Å². The molecule has 2 aliphatic rings. The highest BCUT2D eigenvalue weighted by Gasteiger charge is 2.35. The Kier molecular flexibility index (Phi) is 8.88. The standard InChI is InChI=1S/C27H37N5O6/c1-32(38-3)27(36)22(14-17-11-12-28-24(17)33)31-25(34)20(13-16-7-4-5-8-16)30-26(35)21-15-18-19(29-21)9-6-10-23(18)37-2/h6,9-10,15-17,20,22,29H,4-5,7-8,11-14H2,1-3H3,(H,28,33)(H,30,35)(H,31,34)/t17-,20-,22-/m0/s1. The zero-order valence-corrected chi connectivity index (χ0v) is 22.2. The molecule has 0 unspecified atom stereocenters. The molecular weight excluding hydrogens is 490 g/mol. The molecule has 4 N–H and O–H groups in total. The molecule has 1 saturated carbocycles. The van der Waals surface area contributed by atoms with Crippen LogP contribution in [0.3, 0.4) is 0 Å². The summed E-state index contributed by atoms with van der Waals surface area (Å²) in [6.07, 6.45) is 5.35.